The summed E-state index contributed by atoms with van der Waals surface area (Å²) in [5.41, 5.74) is -2.61. The van der Waals surface area contributed by atoms with Crippen molar-refractivity contribution >= 4 is 0 Å². The van der Waals surface area contributed by atoms with E-state index in [1.165, 1.54) is 6.42 Å². The standard InChI is InChI=1S/C28H50O5/c1-16(7-8-17(2)25(3,4)32)20-9-10-21-19-14-24(31)28(33)15-18(29)13-23(30)27(28,6)22(19)11-12-26(20,21)5/h16-24,29-33H,7-15H2,1-6H3/t16-,17?,18?,19+,20-,21+,22+,23?,24?,26-,27+,28?/m1/s1. The number of rotatable bonds is 5. The van der Waals surface area contributed by atoms with Crippen LogP contribution in [0.5, 0.6) is 0 Å². The van der Waals surface area contributed by atoms with Gasteiger partial charge in [0.2, 0.25) is 0 Å². The average molecular weight is 467 g/mol. The normalized spacial score (nSPS) is 51.9. The summed E-state index contributed by atoms with van der Waals surface area (Å²) in [6, 6.07) is 0. The zero-order chi connectivity index (χ0) is 24.6. The van der Waals surface area contributed by atoms with E-state index in [1.54, 1.807) is 0 Å². The van der Waals surface area contributed by atoms with Crippen LogP contribution in [0.1, 0.15) is 99.3 Å². The van der Waals surface area contributed by atoms with E-state index in [0.717, 1.165) is 32.1 Å². The quantitative estimate of drug-likeness (QED) is 0.423. The third-order valence-corrected chi connectivity index (χ3v) is 11.9. The highest BCUT2D eigenvalue weighted by Crippen LogP contribution is 2.69. The molecule has 4 rings (SSSR count). The third kappa shape index (κ3) is 3.84. The Morgan fingerprint density at radius 2 is 1.58 bits per heavy atom. The minimum Gasteiger partial charge on any atom is -0.393 e. The van der Waals surface area contributed by atoms with Crippen molar-refractivity contribution in [3.05, 3.63) is 0 Å². The molecular weight excluding hydrogens is 416 g/mol. The minimum atomic E-state index is -1.42. The summed E-state index contributed by atoms with van der Waals surface area (Å²) in [6.45, 7) is 12.8. The Hall–Kier alpha value is -0.200. The van der Waals surface area contributed by atoms with Crippen LogP contribution in [0, 0.1) is 46.3 Å². The van der Waals surface area contributed by atoms with Gasteiger partial charge in [-0.25, -0.2) is 0 Å². The first-order chi connectivity index (χ1) is 15.2. The Kier molecular flexibility index (Phi) is 6.62. The van der Waals surface area contributed by atoms with Crippen LogP contribution in [0.2, 0.25) is 0 Å². The van der Waals surface area contributed by atoms with Crippen LogP contribution < -0.4 is 0 Å². The lowest BCUT2D eigenvalue weighted by molar-refractivity contribution is -0.294. The first-order valence-corrected chi connectivity index (χ1v) is 13.6. The molecule has 4 aliphatic carbocycles. The summed E-state index contributed by atoms with van der Waals surface area (Å²) in [5, 5.41) is 54.6. The molecule has 4 aliphatic rings. The minimum absolute atomic E-state index is 0.159. The highest BCUT2D eigenvalue weighted by atomic mass is 16.4. The molecule has 0 bridgehead atoms. The van der Waals surface area contributed by atoms with Crippen LogP contribution in [0.3, 0.4) is 0 Å². The molecule has 0 aromatic carbocycles. The van der Waals surface area contributed by atoms with Gasteiger partial charge < -0.3 is 25.5 Å². The third-order valence-electron chi connectivity index (χ3n) is 11.9. The molecule has 4 saturated carbocycles. The first-order valence-electron chi connectivity index (χ1n) is 13.6. The van der Waals surface area contributed by atoms with Crippen molar-refractivity contribution in [2.75, 3.05) is 0 Å². The van der Waals surface area contributed by atoms with Crippen LogP contribution >= 0.6 is 0 Å². The molecule has 0 aromatic rings. The van der Waals surface area contributed by atoms with Crippen molar-refractivity contribution in [3.8, 4) is 0 Å². The number of hydrogen-bond acceptors (Lipinski definition) is 5. The molecule has 0 radical (unpaired) electrons. The second-order valence-corrected chi connectivity index (χ2v) is 13.8. The Morgan fingerprint density at radius 3 is 2.21 bits per heavy atom. The van der Waals surface area contributed by atoms with E-state index in [0.29, 0.717) is 30.1 Å². The van der Waals surface area contributed by atoms with Crippen molar-refractivity contribution in [2.24, 2.45) is 46.3 Å². The first kappa shape index (κ1) is 25.9. The Morgan fingerprint density at radius 1 is 0.909 bits per heavy atom. The summed E-state index contributed by atoms with van der Waals surface area (Å²) in [5.74, 6) is 2.50. The van der Waals surface area contributed by atoms with Gasteiger partial charge in [-0.1, -0.05) is 34.1 Å². The van der Waals surface area contributed by atoms with E-state index in [2.05, 4.69) is 20.8 Å². The molecule has 4 fully saturated rings. The zero-order valence-corrected chi connectivity index (χ0v) is 21.8. The number of fused-ring (bicyclic) bond motifs is 5. The maximum atomic E-state index is 11.6. The van der Waals surface area contributed by atoms with Gasteiger partial charge in [0.25, 0.3) is 0 Å². The predicted octanol–water partition coefficient (Wildman–Crippen LogP) is 3.89. The molecule has 0 amide bonds. The second kappa shape index (κ2) is 8.44. The maximum Gasteiger partial charge on any atom is 0.101 e. The van der Waals surface area contributed by atoms with E-state index in [1.807, 2.05) is 20.8 Å². The molecule has 33 heavy (non-hydrogen) atoms. The number of hydrogen-bond donors (Lipinski definition) is 5. The van der Waals surface area contributed by atoms with E-state index in [9.17, 15) is 25.5 Å². The smallest absolute Gasteiger partial charge is 0.101 e. The second-order valence-electron chi connectivity index (χ2n) is 13.8. The van der Waals surface area contributed by atoms with Gasteiger partial charge in [-0.3, -0.25) is 0 Å². The molecule has 5 N–H and O–H groups in total. The highest BCUT2D eigenvalue weighted by Gasteiger charge is 2.70. The lowest BCUT2D eigenvalue weighted by atomic mass is 9.41. The van der Waals surface area contributed by atoms with Crippen molar-refractivity contribution in [1.29, 1.82) is 0 Å². The Bertz CT molecular complexity index is 720. The predicted molar refractivity (Wildman–Crippen MR) is 129 cm³/mol. The van der Waals surface area contributed by atoms with E-state index < -0.39 is 34.9 Å². The molecule has 0 aromatic heterocycles. The molecule has 5 heteroatoms. The molecule has 5 nitrogen and oxygen atoms in total. The summed E-state index contributed by atoms with van der Waals surface area (Å²) < 4.78 is 0. The molecule has 12 atom stereocenters. The van der Waals surface area contributed by atoms with Crippen LogP contribution in [0.25, 0.3) is 0 Å². The van der Waals surface area contributed by atoms with E-state index in [4.69, 9.17) is 0 Å². The average Bonchev–Trinajstić information content (AvgIpc) is 3.06. The molecule has 0 heterocycles. The van der Waals surface area contributed by atoms with E-state index >= 15 is 0 Å². The van der Waals surface area contributed by atoms with Gasteiger partial charge in [0.1, 0.15) is 5.60 Å². The van der Waals surface area contributed by atoms with Gasteiger partial charge in [0.15, 0.2) is 0 Å². The SMILES string of the molecule is CC(CC[C@@H](C)[C@H]1CC[C@H]2[C@@H]3CC(O)C4(O)CC(O)CC(O)[C@]4(C)[C@H]3CC[C@]12C)C(C)(C)O. The van der Waals surface area contributed by atoms with Crippen LogP contribution in [-0.2, 0) is 0 Å². The summed E-state index contributed by atoms with van der Waals surface area (Å²) in [7, 11) is 0. The topological polar surface area (TPSA) is 101 Å². The Labute approximate surface area is 201 Å². The molecule has 192 valence electrons. The van der Waals surface area contributed by atoms with Gasteiger partial charge in [0, 0.05) is 11.8 Å². The Balaban J connectivity index is 1.54. The fraction of sp³-hybridized carbons (Fsp3) is 1.00. The van der Waals surface area contributed by atoms with Crippen molar-refractivity contribution in [3.63, 3.8) is 0 Å². The molecular formula is C28H50O5. The molecule has 0 spiro atoms. The van der Waals surface area contributed by atoms with E-state index in [-0.39, 0.29) is 30.1 Å². The van der Waals surface area contributed by atoms with Crippen molar-refractivity contribution in [2.45, 2.75) is 129 Å². The van der Waals surface area contributed by atoms with Crippen LogP contribution in [0.4, 0.5) is 0 Å². The van der Waals surface area contributed by atoms with Crippen molar-refractivity contribution < 1.29 is 25.5 Å². The van der Waals surface area contributed by atoms with Gasteiger partial charge in [-0.15, -0.1) is 0 Å². The maximum absolute atomic E-state index is 11.6. The summed E-state index contributed by atoms with van der Waals surface area (Å²) in [6.07, 6.45) is 5.17. The largest absolute Gasteiger partial charge is 0.393 e. The van der Waals surface area contributed by atoms with Gasteiger partial charge in [-0.05, 0) is 99.7 Å². The fourth-order valence-electron chi connectivity index (χ4n) is 9.37. The highest BCUT2D eigenvalue weighted by molar-refractivity contribution is 5.19. The van der Waals surface area contributed by atoms with Crippen LogP contribution in [0.15, 0.2) is 0 Å². The number of aliphatic hydroxyl groups is 5. The van der Waals surface area contributed by atoms with Gasteiger partial charge in [-0.2, -0.15) is 0 Å². The lowest BCUT2D eigenvalue weighted by Gasteiger charge is -2.66. The van der Waals surface area contributed by atoms with Crippen LogP contribution in [-0.4, -0.2) is 55.0 Å². The van der Waals surface area contributed by atoms with Gasteiger partial charge >= 0.3 is 0 Å². The lowest BCUT2D eigenvalue weighted by Crippen LogP contribution is -2.72. The van der Waals surface area contributed by atoms with Gasteiger partial charge in [0.05, 0.1) is 23.9 Å². The van der Waals surface area contributed by atoms with Crippen molar-refractivity contribution in [1.82, 2.24) is 0 Å². The molecule has 0 saturated heterocycles. The molecule has 5 unspecified atom stereocenters. The monoisotopic (exact) mass is 466 g/mol. The number of aliphatic hydroxyl groups excluding tert-OH is 3. The zero-order valence-electron chi connectivity index (χ0n) is 21.8. The molecule has 0 aliphatic heterocycles. The summed E-state index contributed by atoms with van der Waals surface area (Å²) >= 11 is 0. The fourth-order valence-corrected chi connectivity index (χ4v) is 9.37. The summed E-state index contributed by atoms with van der Waals surface area (Å²) in [4.78, 5) is 0.